The SMILES string of the molecule is Cc1cccc(C[C@H](CNC(=O)[C@@H]2CCCN(S(C)(=O)=O)C2)C(=O)O)c1. The fourth-order valence-corrected chi connectivity index (χ4v) is 4.11. The Morgan fingerprint density at radius 3 is 2.73 bits per heavy atom. The molecule has 0 aliphatic carbocycles. The highest BCUT2D eigenvalue weighted by Crippen LogP contribution is 2.19. The number of nitrogens with zero attached hydrogens (tertiary/aromatic N) is 1. The number of carboxylic acids is 1. The molecule has 0 aromatic heterocycles. The van der Waals surface area contributed by atoms with Gasteiger partial charge in [0.25, 0.3) is 0 Å². The fraction of sp³-hybridized carbons (Fsp3) is 0.556. The lowest BCUT2D eigenvalue weighted by Gasteiger charge is -2.30. The molecule has 1 fully saturated rings. The summed E-state index contributed by atoms with van der Waals surface area (Å²) in [4.78, 5) is 23.9. The minimum Gasteiger partial charge on any atom is -0.481 e. The summed E-state index contributed by atoms with van der Waals surface area (Å²) in [5.74, 6) is -2.41. The predicted molar refractivity (Wildman–Crippen MR) is 98.2 cm³/mol. The first kappa shape index (κ1) is 20.4. The van der Waals surface area contributed by atoms with E-state index in [0.717, 1.165) is 17.4 Å². The largest absolute Gasteiger partial charge is 0.481 e. The molecule has 144 valence electrons. The molecular weight excluding hydrogens is 356 g/mol. The summed E-state index contributed by atoms with van der Waals surface area (Å²) in [6, 6.07) is 7.63. The molecule has 0 saturated carbocycles. The van der Waals surface area contributed by atoms with Crippen LogP contribution < -0.4 is 5.32 Å². The predicted octanol–water partition coefficient (Wildman–Crippen LogP) is 1.03. The second-order valence-corrected chi connectivity index (χ2v) is 8.92. The first-order valence-electron chi connectivity index (χ1n) is 8.68. The molecule has 2 N–H and O–H groups in total. The van der Waals surface area contributed by atoms with E-state index >= 15 is 0 Å². The first-order chi connectivity index (χ1) is 12.2. The zero-order valence-corrected chi connectivity index (χ0v) is 16.0. The molecule has 7 nitrogen and oxygen atoms in total. The van der Waals surface area contributed by atoms with Crippen LogP contribution >= 0.6 is 0 Å². The molecule has 0 unspecified atom stereocenters. The summed E-state index contributed by atoms with van der Waals surface area (Å²) in [6.07, 6.45) is 2.69. The molecule has 1 aromatic rings. The summed E-state index contributed by atoms with van der Waals surface area (Å²) in [6.45, 7) is 2.54. The number of hydrogen-bond donors (Lipinski definition) is 2. The normalized spacial score (nSPS) is 19.7. The van der Waals surface area contributed by atoms with Crippen LogP contribution in [0, 0.1) is 18.8 Å². The van der Waals surface area contributed by atoms with Crippen LogP contribution in [0.4, 0.5) is 0 Å². The lowest BCUT2D eigenvalue weighted by Crippen LogP contribution is -2.46. The minimum atomic E-state index is -3.32. The molecule has 1 aromatic carbocycles. The number of benzene rings is 1. The molecule has 26 heavy (non-hydrogen) atoms. The number of carbonyl (C=O) groups excluding carboxylic acids is 1. The second-order valence-electron chi connectivity index (χ2n) is 6.93. The molecule has 0 bridgehead atoms. The molecule has 2 atom stereocenters. The van der Waals surface area contributed by atoms with Gasteiger partial charge in [-0.3, -0.25) is 9.59 Å². The Balaban J connectivity index is 1.93. The molecule has 1 heterocycles. The maximum absolute atomic E-state index is 12.4. The van der Waals surface area contributed by atoms with Crippen LogP contribution in [-0.2, 0) is 26.0 Å². The maximum Gasteiger partial charge on any atom is 0.308 e. The molecule has 1 saturated heterocycles. The van der Waals surface area contributed by atoms with E-state index < -0.39 is 27.8 Å². The van der Waals surface area contributed by atoms with Crippen molar-refractivity contribution in [1.82, 2.24) is 9.62 Å². The van der Waals surface area contributed by atoms with Crippen molar-refractivity contribution in [3.63, 3.8) is 0 Å². The number of nitrogens with one attached hydrogen (secondary N) is 1. The summed E-state index contributed by atoms with van der Waals surface area (Å²) < 4.78 is 24.6. The lowest BCUT2D eigenvalue weighted by molar-refractivity contribution is -0.141. The van der Waals surface area contributed by atoms with Gasteiger partial charge in [-0.15, -0.1) is 0 Å². The van der Waals surface area contributed by atoms with Crippen LogP contribution in [-0.4, -0.2) is 55.6 Å². The zero-order valence-electron chi connectivity index (χ0n) is 15.1. The van der Waals surface area contributed by atoms with Gasteiger partial charge in [-0.1, -0.05) is 29.8 Å². The van der Waals surface area contributed by atoms with Crippen molar-refractivity contribution in [1.29, 1.82) is 0 Å². The minimum absolute atomic E-state index is 0.0253. The van der Waals surface area contributed by atoms with Gasteiger partial charge in [0.1, 0.15) is 0 Å². The zero-order chi connectivity index (χ0) is 19.3. The molecule has 1 aliphatic rings. The number of piperidine rings is 1. The molecule has 1 aliphatic heterocycles. The van der Waals surface area contributed by atoms with E-state index in [1.54, 1.807) is 0 Å². The molecular formula is C18H26N2O5S. The number of aryl methyl sites for hydroxylation is 1. The number of hydrogen-bond acceptors (Lipinski definition) is 4. The average Bonchev–Trinajstić information content (AvgIpc) is 2.57. The van der Waals surface area contributed by atoms with Gasteiger partial charge in [0.05, 0.1) is 18.1 Å². The van der Waals surface area contributed by atoms with Gasteiger partial charge < -0.3 is 10.4 Å². The standard InChI is InChI=1S/C18H26N2O5S/c1-13-5-3-6-14(9-13)10-16(18(22)23)11-19-17(21)15-7-4-8-20(12-15)26(2,24)25/h3,5-6,9,15-16H,4,7-8,10-12H2,1-2H3,(H,19,21)(H,22,23)/t15-,16-/m1/s1. The van der Waals surface area contributed by atoms with Gasteiger partial charge in [-0.25, -0.2) is 12.7 Å². The topological polar surface area (TPSA) is 104 Å². The van der Waals surface area contributed by atoms with E-state index in [1.165, 1.54) is 4.31 Å². The Hall–Kier alpha value is -1.93. The van der Waals surface area contributed by atoms with Crippen molar-refractivity contribution < 1.29 is 23.1 Å². The summed E-state index contributed by atoms with van der Waals surface area (Å²) in [5, 5.41) is 12.1. The van der Waals surface area contributed by atoms with Crippen molar-refractivity contribution in [2.75, 3.05) is 25.9 Å². The Bertz CT molecular complexity index is 763. The van der Waals surface area contributed by atoms with E-state index in [1.807, 2.05) is 31.2 Å². The van der Waals surface area contributed by atoms with Crippen molar-refractivity contribution in [3.05, 3.63) is 35.4 Å². The van der Waals surface area contributed by atoms with Crippen molar-refractivity contribution >= 4 is 21.9 Å². The number of amides is 1. The average molecular weight is 382 g/mol. The van der Waals surface area contributed by atoms with Crippen molar-refractivity contribution in [2.45, 2.75) is 26.2 Å². The van der Waals surface area contributed by atoms with E-state index in [2.05, 4.69) is 5.32 Å². The monoisotopic (exact) mass is 382 g/mol. The highest BCUT2D eigenvalue weighted by atomic mass is 32.2. The van der Waals surface area contributed by atoms with Crippen LogP contribution in [0.25, 0.3) is 0 Å². The maximum atomic E-state index is 12.4. The Morgan fingerprint density at radius 1 is 1.38 bits per heavy atom. The third-order valence-electron chi connectivity index (χ3n) is 4.66. The van der Waals surface area contributed by atoms with Gasteiger partial charge in [0, 0.05) is 19.6 Å². The van der Waals surface area contributed by atoms with E-state index in [-0.39, 0.29) is 19.0 Å². The smallest absolute Gasteiger partial charge is 0.308 e. The molecule has 0 spiro atoms. The van der Waals surface area contributed by atoms with Gasteiger partial charge >= 0.3 is 5.97 Å². The van der Waals surface area contributed by atoms with Gasteiger partial charge in [0.2, 0.25) is 15.9 Å². The molecule has 1 amide bonds. The highest BCUT2D eigenvalue weighted by molar-refractivity contribution is 7.88. The third-order valence-corrected chi connectivity index (χ3v) is 5.93. The fourth-order valence-electron chi connectivity index (χ4n) is 3.20. The lowest BCUT2D eigenvalue weighted by atomic mass is 9.96. The van der Waals surface area contributed by atoms with E-state index in [4.69, 9.17) is 0 Å². The van der Waals surface area contributed by atoms with Crippen molar-refractivity contribution in [2.24, 2.45) is 11.8 Å². The van der Waals surface area contributed by atoms with Crippen LogP contribution in [0.2, 0.25) is 0 Å². The van der Waals surface area contributed by atoms with Gasteiger partial charge in [0.15, 0.2) is 0 Å². The first-order valence-corrected chi connectivity index (χ1v) is 10.5. The number of sulfonamides is 1. The van der Waals surface area contributed by atoms with Gasteiger partial charge in [-0.2, -0.15) is 0 Å². The number of carbonyl (C=O) groups is 2. The van der Waals surface area contributed by atoms with Crippen molar-refractivity contribution in [3.8, 4) is 0 Å². The van der Waals surface area contributed by atoms with Crippen LogP contribution in [0.1, 0.15) is 24.0 Å². The molecule has 8 heteroatoms. The second kappa shape index (κ2) is 8.64. The van der Waals surface area contributed by atoms with E-state index in [0.29, 0.717) is 25.8 Å². The van der Waals surface area contributed by atoms with Crippen LogP contribution in [0.3, 0.4) is 0 Å². The van der Waals surface area contributed by atoms with E-state index in [9.17, 15) is 23.1 Å². The summed E-state index contributed by atoms with van der Waals surface area (Å²) in [5.41, 5.74) is 1.96. The Kier molecular flexibility index (Phi) is 6.77. The number of aliphatic carboxylic acids is 1. The summed E-state index contributed by atoms with van der Waals surface area (Å²) >= 11 is 0. The Labute approximate surface area is 154 Å². The quantitative estimate of drug-likeness (QED) is 0.733. The van der Waals surface area contributed by atoms with Crippen LogP contribution in [0.5, 0.6) is 0 Å². The van der Waals surface area contributed by atoms with Crippen LogP contribution in [0.15, 0.2) is 24.3 Å². The highest BCUT2D eigenvalue weighted by Gasteiger charge is 2.30. The molecule has 0 radical (unpaired) electrons. The Morgan fingerprint density at radius 2 is 2.12 bits per heavy atom. The van der Waals surface area contributed by atoms with Gasteiger partial charge in [-0.05, 0) is 31.7 Å². The summed E-state index contributed by atoms with van der Waals surface area (Å²) in [7, 11) is -3.32. The third kappa shape index (κ3) is 5.81. The number of carboxylic acid groups (broad SMARTS) is 1. The number of rotatable bonds is 7. The molecule has 2 rings (SSSR count).